The third-order valence-corrected chi connectivity index (χ3v) is 10.9. The predicted molar refractivity (Wildman–Crippen MR) is 235 cm³/mol. The number of hydrogen-bond acceptors (Lipinski definition) is 4. The highest BCUT2D eigenvalue weighted by atomic mass is 16.3. The Morgan fingerprint density at radius 2 is 0.772 bits per heavy atom. The molecule has 0 aliphatic rings. The molecule has 57 heavy (non-hydrogen) atoms. The lowest BCUT2D eigenvalue weighted by atomic mass is 9.94. The van der Waals surface area contributed by atoms with Crippen LogP contribution in [0.4, 0.5) is 0 Å². The van der Waals surface area contributed by atoms with Gasteiger partial charge in [0.25, 0.3) is 0 Å². The van der Waals surface area contributed by atoms with Crippen LogP contribution in [-0.2, 0) is 0 Å². The zero-order chi connectivity index (χ0) is 37.7. The maximum Gasteiger partial charge on any atom is 0.164 e. The first-order valence-corrected chi connectivity index (χ1v) is 19.2. The molecule has 11 rings (SSSR count). The third kappa shape index (κ3) is 5.92. The van der Waals surface area contributed by atoms with Gasteiger partial charge in [-0.2, -0.15) is 0 Å². The van der Waals surface area contributed by atoms with E-state index in [4.69, 9.17) is 19.4 Å². The fourth-order valence-corrected chi connectivity index (χ4v) is 8.04. The van der Waals surface area contributed by atoms with E-state index in [2.05, 4.69) is 164 Å². The molecule has 0 atom stereocenters. The summed E-state index contributed by atoms with van der Waals surface area (Å²) < 4.78 is 6.74. The van der Waals surface area contributed by atoms with Crippen LogP contribution in [0.5, 0.6) is 0 Å². The summed E-state index contributed by atoms with van der Waals surface area (Å²) >= 11 is 0. The Morgan fingerprint density at radius 1 is 0.281 bits per heavy atom. The van der Waals surface area contributed by atoms with Crippen molar-refractivity contribution in [3.8, 4) is 67.5 Å². The molecule has 0 bridgehead atoms. The van der Waals surface area contributed by atoms with Gasteiger partial charge in [-0.3, -0.25) is 0 Å². The summed E-state index contributed by atoms with van der Waals surface area (Å²) in [7, 11) is 0. The van der Waals surface area contributed by atoms with Crippen molar-refractivity contribution in [2.45, 2.75) is 0 Å². The average molecular weight is 728 g/mol. The highest BCUT2D eigenvalue weighted by molar-refractivity contribution is 6.16. The standard InChI is InChI=1S/C53H33N3O/c1-3-12-34(13-4-1)35-22-24-36(25-23-35)37-26-28-40(29-27-37)52-54-51(39-15-5-2-6-16-39)55-53(56-52)47-31-43(45-21-11-19-38-14-9-10-20-44(38)45)33-49-50(47)46-30-41-17-7-8-18-42(41)32-48(46)57-49/h1-33H. The molecule has 4 nitrogen and oxygen atoms in total. The van der Waals surface area contributed by atoms with Gasteiger partial charge in [0.1, 0.15) is 11.2 Å². The number of rotatable bonds is 6. The predicted octanol–water partition coefficient (Wildman–Crippen LogP) is 14.1. The maximum absolute atomic E-state index is 6.74. The first kappa shape index (κ1) is 32.7. The molecule has 0 saturated carbocycles. The van der Waals surface area contributed by atoms with Crippen molar-refractivity contribution >= 4 is 43.5 Å². The summed E-state index contributed by atoms with van der Waals surface area (Å²) in [6.45, 7) is 0. The van der Waals surface area contributed by atoms with Crippen molar-refractivity contribution in [1.82, 2.24) is 15.0 Å². The molecule has 0 aliphatic heterocycles. The first-order chi connectivity index (χ1) is 28.2. The minimum atomic E-state index is 0.586. The molecule has 0 spiro atoms. The van der Waals surface area contributed by atoms with E-state index in [9.17, 15) is 0 Å². The molecule has 0 fully saturated rings. The zero-order valence-corrected chi connectivity index (χ0v) is 30.8. The van der Waals surface area contributed by atoms with Crippen molar-refractivity contribution < 1.29 is 4.42 Å². The van der Waals surface area contributed by atoms with Gasteiger partial charge in [-0.1, -0.05) is 176 Å². The number of hydrogen-bond donors (Lipinski definition) is 0. The van der Waals surface area contributed by atoms with Gasteiger partial charge in [0, 0.05) is 27.5 Å². The van der Waals surface area contributed by atoms with Crippen LogP contribution in [0.1, 0.15) is 0 Å². The number of aromatic nitrogens is 3. The van der Waals surface area contributed by atoms with Crippen molar-refractivity contribution in [3.63, 3.8) is 0 Å². The second-order valence-corrected chi connectivity index (χ2v) is 14.4. The van der Waals surface area contributed by atoms with E-state index >= 15 is 0 Å². The number of fused-ring (bicyclic) bond motifs is 5. The smallest absolute Gasteiger partial charge is 0.164 e. The first-order valence-electron chi connectivity index (χ1n) is 19.2. The monoisotopic (exact) mass is 727 g/mol. The van der Waals surface area contributed by atoms with Crippen LogP contribution in [0.2, 0.25) is 0 Å². The molecule has 0 amide bonds. The summed E-state index contributed by atoms with van der Waals surface area (Å²) in [5.74, 6) is 1.80. The minimum Gasteiger partial charge on any atom is -0.456 e. The van der Waals surface area contributed by atoms with Gasteiger partial charge in [-0.15, -0.1) is 0 Å². The van der Waals surface area contributed by atoms with Crippen molar-refractivity contribution in [2.24, 2.45) is 0 Å². The molecule has 266 valence electrons. The quantitative estimate of drug-likeness (QED) is 0.171. The summed E-state index contributed by atoms with van der Waals surface area (Å²) in [6, 6.07) is 69.9. The molecule has 0 radical (unpaired) electrons. The van der Waals surface area contributed by atoms with E-state index in [0.717, 1.165) is 71.7 Å². The molecule has 4 heteroatoms. The Kier molecular flexibility index (Phi) is 7.78. The van der Waals surface area contributed by atoms with Gasteiger partial charge in [0.2, 0.25) is 0 Å². The maximum atomic E-state index is 6.74. The van der Waals surface area contributed by atoms with Crippen LogP contribution in [0.15, 0.2) is 205 Å². The van der Waals surface area contributed by atoms with Crippen LogP contribution in [0, 0.1) is 0 Å². The molecule has 2 aromatic heterocycles. The second kappa shape index (κ2) is 13.6. The Balaban J connectivity index is 1.10. The van der Waals surface area contributed by atoms with Gasteiger partial charge < -0.3 is 4.42 Å². The van der Waals surface area contributed by atoms with E-state index < -0.39 is 0 Å². The van der Waals surface area contributed by atoms with Crippen molar-refractivity contribution in [2.75, 3.05) is 0 Å². The topological polar surface area (TPSA) is 51.8 Å². The molecular weight excluding hydrogens is 695 g/mol. The molecule has 0 saturated heterocycles. The Hall–Kier alpha value is -7.69. The van der Waals surface area contributed by atoms with Crippen LogP contribution in [-0.4, -0.2) is 15.0 Å². The summed E-state index contributed by atoms with van der Waals surface area (Å²) in [5, 5.41) is 6.62. The summed E-state index contributed by atoms with van der Waals surface area (Å²) in [6.07, 6.45) is 0. The van der Waals surface area contributed by atoms with E-state index in [1.54, 1.807) is 0 Å². The number of benzene rings is 9. The van der Waals surface area contributed by atoms with Gasteiger partial charge in [-0.05, 0) is 79.2 Å². The van der Waals surface area contributed by atoms with Gasteiger partial charge in [0.05, 0.1) is 0 Å². The molecule has 11 aromatic rings. The fourth-order valence-electron chi connectivity index (χ4n) is 8.04. The summed E-state index contributed by atoms with van der Waals surface area (Å²) in [4.78, 5) is 15.6. The lowest BCUT2D eigenvalue weighted by Crippen LogP contribution is -2.00. The average Bonchev–Trinajstić information content (AvgIpc) is 3.65. The lowest BCUT2D eigenvalue weighted by Gasteiger charge is -2.12. The summed E-state index contributed by atoms with van der Waals surface area (Å²) in [5.41, 5.74) is 11.1. The van der Waals surface area contributed by atoms with E-state index in [0.29, 0.717) is 17.5 Å². The largest absolute Gasteiger partial charge is 0.456 e. The Morgan fingerprint density at radius 3 is 1.44 bits per heavy atom. The third-order valence-electron chi connectivity index (χ3n) is 10.9. The van der Waals surface area contributed by atoms with Crippen LogP contribution < -0.4 is 0 Å². The highest BCUT2D eigenvalue weighted by Crippen LogP contribution is 2.42. The van der Waals surface area contributed by atoms with Gasteiger partial charge >= 0.3 is 0 Å². The van der Waals surface area contributed by atoms with Gasteiger partial charge in [-0.25, -0.2) is 15.0 Å². The van der Waals surface area contributed by atoms with E-state index in [-0.39, 0.29) is 0 Å². The minimum absolute atomic E-state index is 0.586. The highest BCUT2D eigenvalue weighted by Gasteiger charge is 2.21. The van der Waals surface area contributed by atoms with E-state index in [1.165, 1.54) is 21.9 Å². The van der Waals surface area contributed by atoms with Crippen LogP contribution in [0.3, 0.4) is 0 Å². The SMILES string of the molecule is c1ccc(-c2ccc(-c3ccc(-c4nc(-c5ccccc5)nc(-c5cc(-c6cccc7ccccc67)cc6oc7cc8ccccc8cc7c56)n4)cc3)cc2)cc1. The number of furan rings is 1. The van der Waals surface area contributed by atoms with Crippen molar-refractivity contribution in [3.05, 3.63) is 200 Å². The molecule has 0 unspecified atom stereocenters. The fraction of sp³-hybridized carbons (Fsp3) is 0. The number of nitrogens with zero attached hydrogens (tertiary/aromatic N) is 3. The Bertz CT molecular complexity index is 3260. The molecule has 2 heterocycles. The lowest BCUT2D eigenvalue weighted by molar-refractivity contribution is 0.669. The molecule has 0 N–H and O–H groups in total. The molecular formula is C53H33N3O. The van der Waals surface area contributed by atoms with Gasteiger partial charge in [0.15, 0.2) is 17.5 Å². The molecule has 0 aliphatic carbocycles. The van der Waals surface area contributed by atoms with Crippen LogP contribution >= 0.6 is 0 Å². The molecule has 9 aromatic carbocycles. The normalized spacial score (nSPS) is 11.5. The van der Waals surface area contributed by atoms with Crippen LogP contribution in [0.25, 0.3) is 111 Å². The zero-order valence-electron chi connectivity index (χ0n) is 30.8. The Labute approximate surface area is 329 Å². The van der Waals surface area contributed by atoms with Crippen molar-refractivity contribution in [1.29, 1.82) is 0 Å². The second-order valence-electron chi connectivity index (χ2n) is 14.4. The van der Waals surface area contributed by atoms with E-state index in [1.807, 2.05) is 36.4 Å².